The van der Waals surface area contributed by atoms with E-state index in [-0.39, 0.29) is 0 Å². The fourth-order valence-corrected chi connectivity index (χ4v) is 1.13. The molecule has 0 unspecified atom stereocenters. The molecule has 1 aromatic rings. The molecule has 2 heteroatoms. The molecule has 0 amide bonds. The molecule has 2 rings (SSSR count). The van der Waals surface area contributed by atoms with Crippen molar-refractivity contribution in [2.45, 2.75) is 6.42 Å². The minimum absolute atomic E-state index is 0.928. The average molecular weight is 132 g/mol. The molecule has 0 N–H and O–H groups in total. The molecule has 2 nitrogen and oxygen atoms in total. The number of aromatic nitrogens is 1. The van der Waals surface area contributed by atoms with Gasteiger partial charge in [-0.15, -0.1) is 0 Å². The lowest BCUT2D eigenvalue weighted by Crippen LogP contribution is -2.02. The molecule has 2 heterocycles. The molecule has 0 spiro atoms. The number of fused-ring (bicyclic) bond motifs is 1. The van der Waals surface area contributed by atoms with E-state index in [9.17, 15) is 0 Å². The minimum Gasteiger partial charge on any atom is -0.292 e. The Bertz CT molecular complexity index is 266. The quantitative estimate of drug-likeness (QED) is 0.518. The molecule has 10 heavy (non-hydrogen) atoms. The first-order valence-electron chi connectivity index (χ1n) is 3.39. The predicted octanol–water partition coefficient (Wildman–Crippen LogP) is 1.06. The van der Waals surface area contributed by atoms with E-state index in [1.165, 1.54) is 11.1 Å². The summed E-state index contributed by atoms with van der Waals surface area (Å²) in [5.41, 5.74) is 2.54. The molecule has 0 atom stereocenters. The van der Waals surface area contributed by atoms with Crippen LogP contribution in [-0.2, 0) is 6.42 Å². The van der Waals surface area contributed by atoms with Crippen molar-refractivity contribution < 1.29 is 0 Å². The van der Waals surface area contributed by atoms with Gasteiger partial charge in [0.1, 0.15) is 0 Å². The van der Waals surface area contributed by atoms with Gasteiger partial charge in [0, 0.05) is 30.7 Å². The van der Waals surface area contributed by atoms with Gasteiger partial charge in [-0.2, -0.15) is 0 Å². The molecule has 0 saturated heterocycles. The van der Waals surface area contributed by atoms with Crippen molar-refractivity contribution in [3.05, 3.63) is 29.6 Å². The summed E-state index contributed by atoms with van der Waals surface area (Å²) in [6, 6.07) is 2.06. The fraction of sp³-hybridized carbons (Fsp3) is 0.250. The maximum absolute atomic E-state index is 4.15. The van der Waals surface area contributed by atoms with Gasteiger partial charge >= 0.3 is 0 Å². The molecule has 0 radical (unpaired) electrons. The highest BCUT2D eigenvalue weighted by atomic mass is 14.7. The Kier molecular flexibility index (Phi) is 1.24. The van der Waals surface area contributed by atoms with Crippen LogP contribution in [0.25, 0.3) is 0 Å². The first-order valence-corrected chi connectivity index (χ1v) is 3.39. The van der Waals surface area contributed by atoms with Crippen LogP contribution in [0.15, 0.2) is 23.5 Å². The van der Waals surface area contributed by atoms with Gasteiger partial charge in [0.25, 0.3) is 0 Å². The standard InChI is InChI=1S/C8H8N2/c1-3-9-5-8-6-10-4-2-7(1)8/h1,3,5-6H,2,4H2. The molecule has 1 aromatic heterocycles. The van der Waals surface area contributed by atoms with Gasteiger partial charge in [0.05, 0.1) is 0 Å². The summed E-state index contributed by atoms with van der Waals surface area (Å²) in [4.78, 5) is 8.16. The van der Waals surface area contributed by atoms with Crippen LogP contribution in [0.1, 0.15) is 11.1 Å². The number of hydrogen-bond donors (Lipinski definition) is 0. The third-order valence-electron chi connectivity index (χ3n) is 1.69. The van der Waals surface area contributed by atoms with Gasteiger partial charge in [-0.25, -0.2) is 0 Å². The van der Waals surface area contributed by atoms with Crippen LogP contribution >= 0.6 is 0 Å². The number of hydrogen-bond acceptors (Lipinski definition) is 2. The summed E-state index contributed by atoms with van der Waals surface area (Å²) in [5.74, 6) is 0. The van der Waals surface area contributed by atoms with Crippen molar-refractivity contribution in [3.8, 4) is 0 Å². The summed E-state index contributed by atoms with van der Waals surface area (Å²) in [6.07, 6.45) is 6.65. The lowest BCUT2D eigenvalue weighted by molar-refractivity contribution is 0.946. The van der Waals surface area contributed by atoms with Gasteiger partial charge in [0.2, 0.25) is 0 Å². The maximum Gasteiger partial charge on any atom is 0.0430 e. The lowest BCUT2D eigenvalue weighted by Gasteiger charge is -2.06. The van der Waals surface area contributed by atoms with Crippen molar-refractivity contribution in [2.75, 3.05) is 6.54 Å². The van der Waals surface area contributed by atoms with Crippen molar-refractivity contribution in [1.29, 1.82) is 0 Å². The minimum atomic E-state index is 0.928. The van der Waals surface area contributed by atoms with E-state index >= 15 is 0 Å². The molecular formula is C8H8N2. The van der Waals surface area contributed by atoms with E-state index in [0.717, 1.165) is 13.0 Å². The zero-order chi connectivity index (χ0) is 6.81. The molecular weight excluding hydrogens is 124 g/mol. The third-order valence-corrected chi connectivity index (χ3v) is 1.69. The van der Waals surface area contributed by atoms with Crippen LogP contribution in [-0.4, -0.2) is 17.7 Å². The molecule has 0 saturated carbocycles. The largest absolute Gasteiger partial charge is 0.292 e. The van der Waals surface area contributed by atoms with Gasteiger partial charge in [-0.05, 0) is 18.1 Å². The van der Waals surface area contributed by atoms with Crippen LogP contribution in [0, 0.1) is 0 Å². The van der Waals surface area contributed by atoms with Crippen LogP contribution in [0.2, 0.25) is 0 Å². The van der Waals surface area contributed by atoms with Crippen molar-refractivity contribution >= 4 is 6.21 Å². The van der Waals surface area contributed by atoms with E-state index < -0.39 is 0 Å². The van der Waals surface area contributed by atoms with E-state index in [1.54, 1.807) is 0 Å². The van der Waals surface area contributed by atoms with E-state index in [2.05, 4.69) is 16.0 Å². The van der Waals surface area contributed by atoms with Crippen LogP contribution in [0.4, 0.5) is 0 Å². The Morgan fingerprint density at radius 2 is 2.40 bits per heavy atom. The SMILES string of the molecule is C1=NCCc2ccncc21. The Morgan fingerprint density at radius 3 is 3.30 bits per heavy atom. The van der Waals surface area contributed by atoms with E-state index in [0.29, 0.717) is 0 Å². The molecule has 1 aliphatic heterocycles. The second kappa shape index (κ2) is 2.21. The van der Waals surface area contributed by atoms with E-state index in [4.69, 9.17) is 0 Å². The van der Waals surface area contributed by atoms with Gasteiger partial charge in [-0.1, -0.05) is 0 Å². The summed E-state index contributed by atoms with van der Waals surface area (Å²) >= 11 is 0. The molecule has 50 valence electrons. The number of aliphatic imine (C=N–C) groups is 1. The van der Waals surface area contributed by atoms with E-state index in [1.807, 2.05) is 18.6 Å². The highest BCUT2D eigenvalue weighted by Gasteiger charge is 2.02. The topological polar surface area (TPSA) is 25.2 Å². The lowest BCUT2D eigenvalue weighted by atomic mass is 10.1. The Morgan fingerprint density at radius 1 is 1.40 bits per heavy atom. The monoisotopic (exact) mass is 132 g/mol. The molecule has 0 fully saturated rings. The Labute approximate surface area is 59.6 Å². The number of pyridine rings is 1. The third kappa shape index (κ3) is 0.817. The first kappa shape index (κ1) is 5.59. The summed E-state index contributed by atoms with van der Waals surface area (Å²) in [5, 5.41) is 0. The van der Waals surface area contributed by atoms with Gasteiger partial charge < -0.3 is 0 Å². The Balaban J connectivity index is 2.54. The summed E-state index contributed by atoms with van der Waals surface area (Å²) in [6.45, 7) is 0.928. The maximum atomic E-state index is 4.15. The zero-order valence-corrected chi connectivity index (χ0v) is 5.62. The molecule has 0 bridgehead atoms. The van der Waals surface area contributed by atoms with Crippen LogP contribution in [0.5, 0.6) is 0 Å². The highest BCUT2D eigenvalue weighted by Crippen LogP contribution is 2.08. The number of nitrogens with zero attached hydrogens (tertiary/aromatic N) is 2. The predicted molar refractivity (Wildman–Crippen MR) is 40.4 cm³/mol. The summed E-state index contributed by atoms with van der Waals surface area (Å²) < 4.78 is 0. The average Bonchev–Trinajstić information content (AvgIpc) is 2.05. The van der Waals surface area contributed by atoms with Gasteiger partial charge in [0.15, 0.2) is 0 Å². The van der Waals surface area contributed by atoms with Crippen molar-refractivity contribution in [1.82, 2.24) is 4.98 Å². The smallest absolute Gasteiger partial charge is 0.0430 e. The summed E-state index contributed by atoms with van der Waals surface area (Å²) in [7, 11) is 0. The van der Waals surface area contributed by atoms with Crippen LogP contribution < -0.4 is 0 Å². The normalized spacial score (nSPS) is 14.8. The van der Waals surface area contributed by atoms with Crippen LogP contribution in [0.3, 0.4) is 0 Å². The molecule has 1 aliphatic rings. The fourth-order valence-electron chi connectivity index (χ4n) is 1.13. The van der Waals surface area contributed by atoms with Crippen molar-refractivity contribution in [2.24, 2.45) is 4.99 Å². The zero-order valence-electron chi connectivity index (χ0n) is 5.62. The highest BCUT2D eigenvalue weighted by molar-refractivity contribution is 5.82. The molecule has 0 aromatic carbocycles. The second-order valence-electron chi connectivity index (χ2n) is 2.36. The first-order chi connectivity index (χ1) is 4.97. The van der Waals surface area contributed by atoms with Gasteiger partial charge in [-0.3, -0.25) is 9.98 Å². The second-order valence-corrected chi connectivity index (χ2v) is 2.36. The van der Waals surface area contributed by atoms with Crippen molar-refractivity contribution in [3.63, 3.8) is 0 Å². The Hall–Kier alpha value is -1.18. The number of rotatable bonds is 0. The molecule has 0 aliphatic carbocycles.